The maximum absolute atomic E-state index is 13.9. The van der Waals surface area contributed by atoms with Crippen LogP contribution in [0.1, 0.15) is 166 Å². The van der Waals surface area contributed by atoms with E-state index < -0.39 is 0 Å². The number of hydrogen-bond acceptors (Lipinski definition) is 1. The van der Waals surface area contributed by atoms with Gasteiger partial charge in [0.2, 0.25) is 0 Å². The number of benzene rings is 6. The van der Waals surface area contributed by atoms with Crippen LogP contribution in [0.3, 0.4) is 0 Å². The Hall–Kier alpha value is -5.01. The molecule has 0 atom stereocenters. The van der Waals surface area contributed by atoms with Gasteiger partial charge in [-0.1, -0.05) is 204 Å². The molecular formula is C56H60O. The molecule has 0 amide bonds. The molecule has 0 saturated heterocycles. The third-order valence-electron chi connectivity index (χ3n) is 12.8. The SMILES string of the molecule is CC(C)(C)c1ccc2c(c1)-c1cc(C(C)(C)C)ccc1C2Cc1ccc(C(=O)c2ccc(C3c4ccc(C(C)(C)C)cc4-c4cc(C(C)(C)C)ccc43)cc2)cc1. The Bertz CT molecular complexity index is 2390. The molecule has 6 aromatic rings. The molecule has 2 aliphatic carbocycles. The fourth-order valence-corrected chi connectivity index (χ4v) is 9.07. The van der Waals surface area contributed by atoms with E-state index in [0.29, 0.717) is 0 Å². The lowest BCUT2D eigenvalue weighted by Crippen LogP contribution is -2.11. The van der Waals surface area contributed by atoms with Gasteiger partial charge in [0.1, 0.15) is 0 Å². The molecule has 8 rings (SSSR count). The Kier molecular flexibility index (Phi) is 9.23. The van der Waals surface area contributed by atoms with E-state index in [1.807, 2.05) is 24.3 Å². The first-order valence-electron chi connectivity index (χ1n) is 21.0. The molecule has 0 aliphatic heterocycles. The lowest BCUT2D eigenvalue weighted by atomic mass is 9.83. The lowest BCUT2D eigenvalue weighted by Gasteiger charge is -2.21. The zero-order valence-corrected chi connectivity index (χ0v) is 36.3. The number of carbonyl (C=O) groups excluding carboxylic acids is 1. The summed E-state index contributed by atoms with van der Waals surface area (Å²) < 4.78 is 0. The Morgan fingerprint density at radius 1 is 0.404 bits per heavy atom. The second kappa shape index (κ2) is 13.5. The number of carbonyl (C=O) groups is 1. The quantitative estimate of drug-likeness (QED) is 0.160. The average molecular weight is 749 g/mol. The largest absolute Gasteiger partial charge is 0.289 e. The lowest BCUT2D eigenvalue weighted by molar-refractivity contribution is 0.103. The van der Waals surface area contributed by atoms with Crippen LogP contribution in [0.15, 0.2) is 121 Å². The Morgan fingerprint density at radius 2 is 0.719 bits per heavy atom. The molecule has 0 spiro atoms. The minimum Gasteiger partial charge on any atom is -0.289 e. The zero-order chi connectivity index (χ0) is 40.8. The van der Waals surface area contributed by atoms with Crippen LogP contribution in [0.4, 0.5) is 0 Å². The second-order valence-corrected chi connectivity index (χ2v) is 21.0. The predicted molar refractivity (Wildman–Crippen MR) is 241 cm³/mol. The van der Waals surface area contributed by atoms with Crippen LogP contribution in [0.5, 0.6) is 0 Å². The molecule has 0 saturated carbocycles. The van der Waals surface area contributed by atoms with Crippen molar-refractivity contribution in [2.75, 3.05) is 0 Å². The molecule has 0 bridgehead atoms. The first kappa shape index (κ1) is 38.8. The van der Waals surface area contributed by atoms with E-state index >= 15 is 0 Å². The van der Waals surface area contributed by atoms with Crippen molar-refractivity contribution in [2.24, 2.45) is 0 Å². The van der Waals surface area contributed by atoms with Crippen LogP contribution >= 0.6 is 0 Å². The number of fused-ring (bicyclic) bond motifs is 6. The fourth-order valence-electron chi connectivity index (χ4n) is 9.07. The third kappa shape index (κ3) is 7.13. The minimum atomic E-state index is 0.0611. The topological polar surface area (TPSA) is 17.1 Å². The molecule has 1 heteroatoms. The highest BCUT2D eigenvalue weighted by Crippen LogP contribution is 2.51. The van der Waals surface area contributed by atoms with Crippen molar-refractivity contribution < 1.29 is 4.79 Å². The van der Waals surface area contributed by atoms with Crippen LogP contribution in [0, 0.1) is 0 Å². The summed E-state index contributed by atoms with van der Waals surface area (Å²) in [5.41, 5.74) is 20.5. The van der Waals surface area contributed by atoms with Crippen molar-refractivity contribution in [3.63, 3.8) is 0 Å². The fraction of sp³-hybridized carbons (Fsp3) is 0.339. The van der Waals surface area contributed by atoms with Gasteiger partial charge in [0.25, 0.3) is 0 Å². The molecule has 0 fully saturated rings. The molecule has 0 unspecified atom stereocenters. The monoisotopic (exact) mass is 748 g/mol. The van der Waals surface area contributed by atoms with E-state index in [0.717, 1.165) is 17.5 Å². The number of hydrogen-bond donors (Lipinski definition) is 0. The summed E-state index contributed by atoms with van der Waals surface area (Å²) in [6, 6.07) is 45.2. The van der Waals surface area contributed by atoms with Gasteiger partial charge in [-0.25, -0.2) is 0 Å². The van der Waals surface area contributed by atoms with Crippen molar-refractivity contribution in [1.29, 1.82) is 0 Å². The van der Waals surface area contributed by atoms with E-state index in [1.165, 1.54) is 77.9 Å². The first-order valence-corrected chi connectivity index (χ1v) is 21.0. The number of rotatable bonds is 5. The van der Waals surface area contributed by atoms with Gasteiger partial charge >= 0.3 is 0 Å². The summed E-state index contributed by atoms with van der Waals surface area (Å²) in [6.45, 7) is 27.5. The Morgan fingerprint density at radius 3 is 1.07 bits per heavy atom. The van der Waals surface area contributed by atoms with Gasteiger partial charge < -0.3 is 0 Å². The molecular weight excluding hydrogens is 689 g/mol. The molecule has 290 valence electrons. The molecule has 2 aliphatic rings. The first-order chi connectivity index (χ1) is 26.7. The van der Waals surface area contributed by atoms with Crippen molar-refractivity contribution in [3.05, 3.63) is 188 Å². The van der Waals surface area contributed by atoms with E-state index in [4.69, 9.17) is 0 Å². The summed E-state index contributed by atoms with van der Waals surface area (Å²) >= 11 is 0. The van der Waals surface area contributed by atoms with Crippen LogP contribution in [-0.4, -0.2) is 5.78 Å². The Balaban J connectivity index is 1.06. The highest BCUT2D eigenvalue weighted by atomic mass is 16.1. The molecule has 1 nitrogen and oxygen atoms in total. The van der Waals surface area contributed by atoms with Crippen LogP contribution in [-0.2, 0) is 28.1 Å². The highest BCUT2D eigenvalue weighted by Gasteiger charge is 2.34. The van der Waals surface area contributed by atoms with E-state index in [9.17, 15) is 4.79 Å². The van der Waals surface area contributed by atoms with Crippen LogP contribution < -0.4 is 0 Å². The molecule has 57 heavy (non-hydrogen) atoms. The zero-order valence-electron chi connectivity index (χ0n) is 36.3. The Labute approximate surface area is 342 Å². The van der Waals surface area contributed by atoms with Gasteiger partial charge in [-0.15, -0.1) is 0 Å². The van der Waals surface area contributed by atoms with Crippen molar-refractivity contribution >= 4 is 5.78 Å². The number of ketones is 1. The average Bonchev–Trinajstić information content (AvgIpc) is 3.64. The summed E-state index contributed by atoms with van der Waals surface area (Å²) in [6.07, 6.45) is 0.895. The van der Waals surface area contributed by atoms with Gasteiger partial charge in [-0.2, -0.15) is 0 Å². The minimum absolute atomic E-state index is 0.0611. The highest BCUT2D eigenvalue weighted by molar-refractivity contribution is 6.09. The summed E-state index contributed by atoms with van der Waals surface area (Å²) in [5.74, 6) is 0.469. The normalized spacial score (nSPS) is 14.3. The molecule has 0 N–H and O–H groups in total. The summed E-state index contributed by atoms with van der Waals surface area (Å²) in [7, 11) is 0. The summed E-state index contributed by atoms with van der Waals surface area (Å²) in [5, 5.41) is 0. The molecule has 0 aromatic heterocycles. The predicted octanol–water partition coefficient (Wildman–Crippen LogP) is 14.6. The van der Waals surface area contributed by atoms with Crippen molar-refractivity contribution in [3.8, 4) is 22.3 Å². The van der Waals surface area contributed by atoms with Gasteiger partial charge in [-0.3, -0.25) is 4.79 Å². The molecule has 6 aromatic carbocycles. The standard InChI is InChI=1S/C56H60O/c1-53(2,3)38-21-25-42-46(43-26-22-39(54(4,5)6)31-48(43)47(42)30-38)29-34-13-15-36(16-14-34)52(57)37-19-17-35(18-20-37)51-44-27-23-40(55(7,8)9)32-49(44)50-33-41(56(10,11)12)24-28-45(50)51/h13-28,30-33,46,51H,29H2,1-12H3. The van der Waals surface area contributed by atoms with Crippen LogP contribution in [0.25, 0.3) is 22.3 Å². The second-order valence-electron chi connectivity index (χ2n) is 21.0. The van der Waals surface area contributed by atoms with Gasteiger partial charge in [0.05, 0.1) is 0 Å². The molecule has 0 radical (unpaired) electrons. The maximum Gasteiger partial charge on any atom is 0.193 e. The van der Waals surface area contributed by atoms with Gasteiger partial charge in [-0.05, 0) is 106 Å². The van der Waals surface area contributed by atoms with Crippen LogP contribution in [0.2, 0.25) is 0 Å². The maximum atomic E-state index is 13.9. The van der Waals surface area contributed by atoms with E-state index in [-0.39, 0.29) is 39.3 Å². The smallest absolute Gasteiger partial charge is 0.193 e. The molecule has 0 heterocycles. The van der Waals surface area contributed by atoms with E-state index in [1.54, 1.807) is 0 Å². The van der Waals surface area contributed by atoms with E-state index in [2.05, 4.69) is 180 Å². The van der Waals surface area contributed by atoms with Crippen molar-refractivity contribution in [2.45, 2.75) is 123 Å². The van der Waals surface area contributed by atoms with Gasteiger partial charge in [0.15, 0.2) is 5.78 Å². The van der Waals surface area contributed by atoms with Gasteiger partial charge in [0, 0.05) is 23.0 Å². The third-order valence-corrected chi connectivity index (χ3v) is 12.8. The summed E-state index contributed by atoms with van der Waals surface area (Å²) in [4.78, 5) is 13.9. The van der Waals surface area contributed by atoms with Crippen molar-refractivity contribution in [1.82, 2.24) is 0 Å².